The molecule has 1 aliphatic rings. The predicted octanol–water partition coefficient (Wildman–Crippen LogP) is 1.86. The fraction of sp³-hybridized carbons (Fsp3) is 0.467. The summed E-state index contributed by atoms with van der Waals surface area (Å²) in [6.07, 6.45) is 0. The van der Waals surface area contributed by atoms with Crippen LogP contribution in [0.25, 0.3) is 11.5 Å². The van der Waals surface area contributed by atoms with E-state index < -0.39 is 10.0 Å². The van der Waals surface area contributed by atoms with Gasteiger partial charge in [-0.25, -0.2) is 8.42 Å². The molecule has 2 aromatic rings. The standard InChI is InChI=1S/C15H19ClN4O3S/c1-2-24(21,22)20-9-7-19(8-10-20)11-14-17-15(23-18-14)12-3-5-13(16)6-4-12/h3-6H,2,7-11H2,1H3. The van der Waals surface area contributed by atoms with Crippen molar-refractivity contribution in [1.29, 1.82) is 0 Å². The maximum absolute atomic E-state index is 11.9. The molecule has 1 saturated heterocycles. The molecule has 0 amide bonds. The van der Waals surface area contributed by atoms with E-state index in [1.165, 1.54) is 0 Å². The van der Waals surface area contributed by atoms with Crippen molar-refractivity contribution in [2.75, 3.05) is 31.9 Å². The lowest BCUT2D eigenvalue weighted by Gasteiger charge is -2.32. The lowest BCUT2D eigenvalue weighted by Crippen LogP contribution is -2.48. The van der Waals surface area contributed by atoms with Gasteiger partial charge in [0.1, 0.15) is 0 Å². The third kappa shape index (κ3) is 3.94. The number of rotatable bonds is 5. The maximum Gasteiger partial charge on any atom is 0.257 e. The molecule has 9 heteroatoms. The van der Waals surface area contributed by atoms with E-state index in [9.17, 15) is 8.42 Å². The Hall–Kier alpha value is -1.48. The third-order valence-electron chi connectivity index (χ3n) is 4.01. The Bertz CT molecular complexity index is 783. The van der Waals surface area contributed by atoms with Crippen molar-refractivity contribution in [2.45, 2.75) is 13.5 Å². The summed E-state index contributed by atoms with van der Waals surface area (Å²) in [7, 11) is -3.11. The monoisotopic (exact) mass is 370 g/mol. The van der Waals surface area contributed by atoms with Gasteiger partial charge in [0.25, 0.3) is 5.89 Å². The van der Waals surface area contributed by atoms with Crippen LogP contribution in [0.4, 0.5) is 0 Å². The number of nitrogens with zero attached hydrogens (tertiary/aromatic N) is 4. The van der Waals surface area contributed by atoms with Crippen LogP contribution >= 0.6 is 11.6 Å². The Balaban J connectivity index is 1.59. The highest BCUT2D eigenvalue weighted by atomic mass is 35.5. The van der Waals surface area contributed by atoms with Gasteiger partial charge in [0, 0.05) is 36.8 Å². The zero-order valence-electron chi connectivity index (χ0n) is 13.4. The molecule has 7 nitrogen and oxygen atoms in total. The lowest BCUT2D eigenvalue weighted by atomic mass is 10.2. The normalized spacial score (nSPS) is 17.2. The van der Waals surface area contributed by atoms with Gasteiger partial charge in [-0.1, -0.05) is 16.8 Å². The Labute approximate surface area is 146 Å². The number of hydrogen-bond acceptors (Lipinski definition) is 6. The van der Waals surface area contributed by atoms with Crippen molar-refractivity contribution in [1.82, 2.24) is 19.3 Å². The molecule has 0 saturated carbocycles. The van der Waals surface area contributed by atoms with Crippen LogP contribution in [0.3, 0.4) is 0 Å². The smallest absolute Gasteiger partial charge is 0.257 e. The molecule has 24 heavy (non-hydrogen) atoms. The fourth-order valence-corrected chi connectivity index (χ4v) is 3.79. The van der Waals surface area contributed by atoms with E-state index in [-0.39, 0.29) is 5.75 Å². The second-order valence-corrected chi connectivity index (χ2v) is 8.29. The molecule has 3 rings (SSSR count). The van der Waals surface area contributed by atoms with E-state index >= 15 is 0 Å². The third-order valence-corrected chi connectivity index (χ3v) is 6.15. The summed E-state index contributed by atoms with van der Waals surface area (Å²) in [5.74, 6) is 1.18. The van der Waals surface area contributed by atoms with Crippen LogP contribution < -0.4 is 0 Å². The summed E-state index contributed by atoms with van der Waals surface area (Å²) < 4.78 is 30.6. The van der Waals surface area contributed by atoms with Gasteiger partial charge in [0.2, 0.25) is 10.0 Å². The summed E-state index contributed by atoms with van der Waals surface area (Å²) in [6.45, 7) is 4.51. The van der Waals surface area contributed by atoms with Gasteiger partial charge >= 0.3 is 0 Å². The minimum absolute atomic E-state index is 0.141. The van der Waals surface area contributed by atoms with Crippen molar-refractivity contribution in [3.05, 3.63) is 35.1 Å². The molecule has 0 radical (unpaired) electrons. The largest absolute Gasteiger partial charge is 0.334 e. The zero-order chi connectivity index (χ0) is 17.2. The summed E-state index contributed by atoms with van der Waals surface area (Å²) >= 11 is 5.87. The van der Waals surface area contributed by atoms with E-state index in [2.05, 4.69) is 15.0 Å². The molecular weight excluding hydrogens is 352 g/mol. The van der Waals surface area contributed by atoms with Crippen LogP contribution in [0.2, 0.25) is 5.02 Å². The Morgan fingerprint density at radius 2 is 1.83 bits per heavy atom. The topological polar surface area (TPSA) is 79.5 Å². The molecule has 1 aromatic carbocycles. The fourth-order valence-electron chi connectivity index (χ4n) is 2.58. The quantitative estimate of drug-likeness (QED) is 0.799. The van der Waals surface area contributed by atoms with Crippen LogP contribution in [-0.2, 0) is 16.6 Å². The SMILES string of the molecule is CCS(=O)(=O)N1CCN(Cc2noc(-c3ccc(Cl)cc3)n2)CC1. The van der Waals surface area contributed by atoms with E-state index in [0.717, 1.165) is 5.56 Å². The highest BCUT2D eigenvalue weighted by Gasteiger charge is 2.26. The molecule has 1 aromatic heterocycles. The second-order valence-electron chi connectivity index (χ2n) is 5.60. The molecule has 1 fully saturated rings. The highest BCUT2D eigenvalue weighted by Crippen LogP contribution is 2.20. The van der Waals surface area contributed by atoms with Gasteiger partial charge in [-0.3, -0.25) is 4.90 Å². The van der Waals surface area contributed by atoms with Crippen LogP contribution in [-0.4, -0.2) is 59.7 Å². The Kier molecular flexibility index (Phi) is 5.19. The van der Waals surface area contributed by atoms with Crippen molar-refractivity contribution in [2.24, 2.45) is 0 Å². The number of sulfonamides is 1. The van der Waals surface area contributed by atoms with Gasteiger partial charge in [-0.15, -0.1) is 0 Å². The second kappa shape index (κ2) is 7.18. The van der Waals surface area contributed by atoms with Gasteiger partial charge in [-0.05, 0) is 31.2 Å². The molecular formula is C15H19ClN4O3S. The molecule has 1 aliphatic heterocycles. The van der Waals surface area contributed by atoms with Crippen LogP contribution in [0.5, 0.6) is 0 Å². The summed E-state index contributed by atoms with van der Waals surface area (Å²) in [5.41, 5.74) is 0.817. The summed E-state index contributed by atoms with van der Waals surface area (Å²) in [5, 5.41) is 4.65. The molecule has 0 spiro atoms. The first-order valence-corrected chi connectivity index (χ1v) is 9.75. The number of hydrogen-bond donors (Lipinski definition) is 0. The zero-order valence-corrected chi connectivity index (χ0v) is 14.9. The minimum Gasteiger partial charge on any atom is -0.334 e. The van der Waals surface area contributed by atoms with E-state index in [1.807, 2.05) is 12.1 Å². The number of aromatic nitrogens is 2. The minimum atomic E-state index is -3.11. The van der Waals surface area contributed by atoms with Crippen molar-refractivity contribution < 1.29 is 12.9 Å². The average molecular weight is 371 g/mol. The van der Waals surface area contributed by atoms with Crippen LogP contribution in [0, 0.1) is 0 Å². The van der Waals surface area contributed by atoms with Crippen molar-refractivity contribution in [3.8, 4) is 11.5 Å². The first kappa shape index (κ1) is 17.3. The van der Waals surface area contributed by atoms with Gasteiger partial charge in [-0.2, -0.15) is 9.29 Å². The first-order valence-electron chi connectivity index (χ1n) is 7.76. The molecule has 0 aliphatic carbocycles. The number of halogens is 1. The van der Waals surface area contributed by atoms with E-state index in [0.29, 0.717) is 49.5 Å². The van der Waals surface area contributed by atoms with E-state index in [1.54, 1.807) is 23.4 Å². The molecule has 0 atom stereocenters. The highest BCUT2D eigenvalue weighted by molar-refractivity contribution is 7.89. The van der Waals surface area contributed by atoms with Crippen molar-refractivity contribution in [3.63, 3.8) is 0 Å². The molecule has 0 bridgehead atoms. The molecule has 0 unspecified atom stereocenters. The summed E-state index contributed by atoms with van der Waals surface area (Å²) in [4.78, 5) is 6.52. The summed E-state index contributed by atoms with van der Waals surface area (Å²) in [6, 6.07) is 7.20. The van der Waals surface area contributed by atoms with Gasteiger partial charge < -0.3 is 4.52 Å². The van der Waals surface area contributed by atoms with Gasteiger partial charge in [0.05, 0.1) is 12.3 Å². The Morgan fingerprint density at radius 1 is 1.17 bits per heavy atom. The average Bonchev–Trinajstić information content (AvgIpc) is 3.04. The van der Waals surface area contributed by atoms with Crippen LogP contribution in [0.1, 0.15) is 12.7 Å². The molecule has 2 heterocycles. The number of benzene rings is 1. The Morgan fingerprint density at radius 3 is 2.46 bits per heavy atom. The number of piperazine rings is 1. The first-order chi connectivity index (χ1) is 11.5. The molecule has 130 valence electrons. The maximum atomic E-state index is 11.9. The molecule has 0 N–H and O–H groups in total. The van der Waals surface area contributed by atoms with Gasteiger partial charge in [0.15, 0.2) is 5.82 Å². The lowest BCUT2D eigenvalue weighted by molar-refractivity contribution is 0.176. The van der Waals surface area contributed by atoms with E-state index in [4.69, 9.17) is 16.1 Å². The van der Waals surface area contributed by atoms with Crippen molar-refractivity contribution >= 4 is 21.6 Å². The van der Waals surface area contributed by atoms with Crippen LogP contribution in [0.15, 0.2) is 28.8 Å². The predicted molar refractivity (Wildman–Crippen MR) is 91.1 cm³/mol.